The van der Waals surface area contributed by atoms with Crippen LogP contribution in [0.1, 0.15) is 13.3 Å². The van der Waals surface area contributed by atoms with E-state index in [9.17, 15) is 60.6 Å². The van der Waals surface area contributed by atoms with Crippen LogP contribution in [-0.2, 0) is 23.8 Å². The van der Waals surface area contributed by atoms with Crippen molar-refractivity contribution in [2.45, 2.75) is 80.3 Å². The Kier molecular flexibility index (Phi) is 10.5. The van der Waals surface area contributed by atoms with Gasteiger partial charge >= 0.3 is 0 Å². The molecule has 4 unspecified atom stereocenters. The van der Waals surface area contributed by atoms with Gasteiger partial charge in [-0.1, -0.05) is 0 Å². The largest absolute Gasteiger partial charge is 0.544 e. The van der Waals surface area contributed by atoms with Crippen LogP contribution < -0.4 is 15.2 Å². The molecule has 41 heavy (non-hydrogen) atoms. The van der Waals surface area contributed by atoms with Gasteiger partial charge in [0.15, 0.2) is 0 Å². The van der Waals surface area contributed by atoms with Crippen LogP contribution >= 0.6 is 0 Å². The minimum atomic E-state index is -2.87. The molecule has 2 saturated heterocycles. The van der Waals surface area contributed by atoms with Gasteiger partial charge in [0.1, 0.15) is 54.4 Å². The lowest BCUT2D eigenvalue weighted by Crippen LogP contribution is -2.70. The molecule has 18 heteroatoms. The number of ether oxygens (including phenoxy) is 4. The van der Waals surface area contributed by atoms with Crippen LogP contribution in [0.25, 0.3) is 0 Å². The summed E-state index contributed by atoms with van der Waals surface area (Å²) in [7, 11) is 0. The molecule has 0 aliphatic carbocycles. The highest BCUT2D eigenvalue weighted by Gasteiger charge is 2.53. The Morgan fingerprint density at radius 3 is 2.32 bits per heavy atom. The Labute approximate surface area is 231 Å². The fourth-order valence-corrected chi connectivity index (χ4v) is 4.42. The third-order valence-corrected chi connectivity index (χ3v) is 6.62. The van der Waals surface area contributed by atoms with Gasteiger partial charge in [0.05, 0.1) is 30.3 Å². The third kappa shape index (κ3) is 7.25. The summed E-state index contributed by atoms with van der Waals surface area (Å²) < 4.78 is 21.7. The number of aliphatic hydroxyl groups excluding tert-OH is 7. The fraction of sp³-hybridized carbons (Fsp3) is 0.652. The number of aliphatic hydroxyl groups is 7. The van der Waals surface area contributed by atoms with Crippen molar-refractivity contribution in [2.75, 3.05) is 13.2 Å². The molecule has 0 saturated carbocycles. The first-order valence-electron chi connectivity index (χ1n) is 12.3. The molecule has 3 rings (SSSR count). The first-order chi connectivity index (χ1) is 19.2. The topological polar surface area (TPSA) is 291 Å². The maximum absolute atomic E-state index is 12.2. The molecule has 2 aliphatic heterocycles. The predicted molar refractivity (Wildman–Crippen MR) is 126 cm³/mol. The molecule has 1 aromatic rings. The minimum Gasteiger partial charge on any atom is -0.544 e. The molecule has 18 nitrogen and oxygen atoms in total. The number of rotatable bonds is 11. The lowest BCUT2D eigenvalue weighted by atomic mass is 9.88. The maximum atomic E-state index is 12.2. The second kappa shape index (κ2) is 13.3. The summed E-state index contributed by atoms with van der Waals surface area (Å²) in [5.41, 5.74) is -0.262. The van der Waals surface area contributed by atoms with E-state index in [1.807, 2.05) is 0 Å². The minimum absolute atomic E-state index is 0.0314. The Morgan fingerprint density at radius 1 is 1.15 bits per heavy atom. The highest BCUT2D eigenvalue weighted by Crippen LogP contribution is 2.34. The van der Waals surface area contributed by atoms with Crippen LogP contribution in [0.5, 0.6) is 5.75 Å². The van der Waals surface area contributed by atoms with Crippen molar-refractivity contribution in [1.29, 1.82) is 0 Å². The number of nitrogens with one attached hydrogen (secondary N) is 1. The summed E-state index contributed by atoms with van der Waals surface area (Å²) in [4.78, 5) is 34.0. The van der Waals surface area contributed by atoms with Crippen LogP contribution in [0.3, 0.4) is 0 Å². The molecule has 0 bridgehead atoms. The van der Waals surface area contributed by atoms with E-state index < -0.39 is 103 Å². The van der Waals surface area contributed by atoms with E-state index >= 15 is 0 Å². The predicted octanol–water partition coefficient (Wildman–Crippen LogP) is -5.39. The molecule has 2 aliphatic rings. The Balaban J connectivity index is 1.80. The van der Waals surface area contributed by atoms with E-state index in [2.05, 4.69) is 5.32 Å². The zero-order valence-electron chi connectivity index (χ0n) is 21.5. The van der Waals surface area contributed by atoms with E-state index in [0.717, 1.165) is 19.1 Å². The molecule has 11 atom stereocenters. The van der Waals surface area contributed by atoms with Crippen LogP contribution in [-0.4, -0.2) is 133 Å². The normalized spacial score (nSPS) is 35.2. The van der Waals surface area contributed by atoms with E-state index in [-0.39, 0.29) is 11.4 Å². The van der Waals surface area contributed by atoms with Crippen molar-refractivity contribution in [1.82, 2.24) is 5.32 Å². The van der Waals surface area contributed by atoms with E-state index in [4.69, 9.17) is 18.9 Å². The number of carboxylic acids is 1. The standard InChI is InChI=1S/C23H32N2O16/c1-9(27)24-15-12(28)6-23(22(34)35,41-20(15)16(30)13(29)7-26)38-8-14-17(31)18(32)19(33)21(40-14)39-11-4-2-10(3-5-11)25(36)37/h2-5,12-21,26,28-33H,6-8H2,1H3,(H,24,27)(H,34,35)/p-1/t12-,13-,14?,15-,16-,17+,18?,19?,20?,21-,23-/m1/s1. The summed E-state index contributed by atoms with van der Waals surface area (Å²) in [5.74, 6) is -5.68. The second-order valence-corrected chi connectivity index (χ2v) is 9.56. The van der Waals surface area contributed by atoms with Crippen LogP contribution in [0.15, 0.2) is 24.3 Å². The highest BCUT2D eigenvalue weighted by molar-refractivity contribution is 5.75. The van der Waals surface area contributed by atoms with Gasteiger partial charge in [0, 0.05) is 25.5 Å². The molecule has 8 N–H and O–H groups in total. The molecule has 0 spiro atoms. The molecular weight excluding hydrogens is 560 g/mol. The van der Waals surface area contributed by atoms with Gasteiger partial charge in [0.25, 0.3) is 5.69 Å². The van der Waals surface area contributed by atoms with Crippen molar-refractivity contribution in [2.24, 2.45) is 0 Å². The van der Waals surface area contributed by atoms with Crippen molar-refractivity contribution < 1.29 is 74.3 Å². The van der Waals surface area contributed by atoms with E-state index in [1.54, 1.807) is 0 Å². The maximum Gasteiger partial charge on any atom is 0.269 e. The summed E-state index contributed by atoms with van der Waals surface area (Å²) >= 11 is 0. The van der Waals surface area contributed by atoms with Crippen LogP contribution in [0.4, 0.5) is 5.69 Å². The first kappa shape index (κ1) is 32.5. The van der Waals surface area contributed by atoms with Gasteiger partial charge < -0.3 is 69.9 Å². The van der Waals surface area contributed by atoms with Crippen LogP contribution in [0.2, 0.25) is 0 Å². The number of carbonyl (C=O) groups excluding carboxylic acids is 2. The molecule has 230 valence electrons. The van der Waals surface area contributed by atoms with E-state index in [0.29, 0.717) is 0 Å². The number of aliphatic carboxylic acids is 1. The van der Waals surface area contributed by atoms with Crippen LogP contribution in [0, 0.1) is 10.1 Å². The number of benzene rings is 1. The van der Waals surface area contributed by atoms with Gasteiger partial charge in [-0.3, -0.25) is 14.9 Å². The number of nitro benzene ring substituents is 1. The zero-order chi connectivity index (χ0) is 30.6. The number of nitrogens with zero attached hydrogens (tertiary/aromatic N) is 1. The zero-order valence-corrected chi connectivity index (χ0v) is 21.5. The molecule has 1 amide bonds. The van der Waals surface area contributed by atoms with Gasteiger partial charge in [-0.05, 0) is 12.1 Å². The molecule has 2 fully saturated rings. The van der Waals surface area contributed by atoms with E-state index in [1.165, 1.54) is 12.1 Å². The smallest absolute Gasteiger partial charge is 0.269 e. The average Bonchev–Trinajstić information content (AvgIpc) is 2.93. The van der Waals surface area contributed by atoms with Gasteiger partial charge in [-0.25, -0.2) is 0 Å². The molecule has 0 aromatic heterocycles. The van der Waals surface area contributed by atoms with Crippen molar-refractivity contribution in [3.05, 3.63) is 34.4 Å². The lowest BCUT2D eigenvalue weighted by Gasteiger charge is -2.49. The summed E-state index contributed by atoms with van der Waals surface area (Å²) in [5, 5.41) is 96.6. The number of nitro groups is 1. The average molecular weight is 591 g/mol. The monoisotopic (exact) mass is 591 g/mol. The number of non-ortho nitro benzene ring substituents is 1. The van der Waals surface area contributed by atoms with Crippen molar-refractivity contribution in [3.63, 3.8) is 0 Å². The number of carbonyl (C=O) groups is 2. The van der Waals surface area contributed by atoms with Gasteiger partial charge in [0.2, 0.25) is 18.0 Å². The Bertz CT molecular complexity index is 1070. The summed E-state index contributed by atoms with van der Waals surface area (Å²) in [6, 6.07) is 3.08. The Morgan fingerprint density at radius 2 is 1.78 bits per heavy atom. The number of hydrogen-bond acceptors (Lipinski definition) is 16. The second-order valence-electron chi connectivity index (χ2n) is 9.56. The van der Waals surface area contributed by atoms with Crippen molar-refractivity contribution >= 4 is 17.6 Å². The molecule has 0 radical (unpaired) electrons. The summed E-state index contributed by atoms with van der Waals surface area (Å²) in [6.45, 7) is -0.837. The highest BCUT2D eigenvalue weighted by atomic mass is 16.7. The lowest BCUT2D eigenvalue weighted by molar-refractivity contribution is -0.387. The number of amides is 1. The quantitative estimate of drug-likeness (QED) is 0.0880. The SMILES string of the molecule is CC(=O)N[C@H]1C([C@H](O)[C@H](O)CO)O[C@@](OCC2O[C@@H](Oc3ccc([N+](=O)[O-])cc3)C(O)C(O)[C@H]2O)(C(=O)[O-])C[C@H]1O. The Hall–Kier alpha value is -3.04. The number of carboxylic acid groups (broad SMARTS) is 1. The molecule has 1 aromatic carbocycles. The fourth-order valence-electron chi connectivity index (χ4n) is 4.42. The molecule has 2 heterocycles. The van der Waals surface area contributed by atoms with Crippen molar-refractivity contribution in [3.8, 4) is 5.75 Å². The summed E-state index contributed by atoms with van der Waals surface area (Å²) in [6.07, 6.45) is -17.3. The van der Waals surface area contributed by atoms with Gasteiger partial charge in [-0.2, -0.15) is 0 Å². The van der Waals surface area contributed by atoms with Gasteiger partial charge in [-0.15, -0.1) is 0 Å². The number of hydrogen-bond donors (Lipinski definition) is 8. The third-order valence-electron chi connectivity index (χ3n) is 6.62. The molecular formula is C23H31N2O16-. The first-order valence-corrected chi connectivity index (χ1v) is 12.3.